The van der Waals surface area contributed by atoms with Crippen LogP contribution < -0.4 is 0 Å². The molecule has 288 valence electrons. The number of ether oxygens (including phenoxy) is 3. The molecule has 0 aromatic carbocycles. The van der Waals surface area contributed by atoms with E-state index in [-0.39, 0.29) is 31.1 Å². The minimum Gasteiger partial charge on any atom is -0.462 e. The lowest BCUT2D eigenvalue weighted by atomic mass is 10.1. The average Bonchev–Trinajstić information content (AvgIpc) is 3.10. The summed E-state index contributed by atoms with van der Waals surface area (Å²) in [5.74, 6) is -0.879. The van der Waals surface area contributed by atoms with Crippen LogP contribution in [-0.4, -0.2) is 37.2 Å². The zero-order valence-electron chi connectivity index (χ0n) is 32.7. The van der Waals surface area contributed by atoms with Crippen LogP contribution in [0.25, 0.3) is 0 Å². The molecule has 0 radical (unpaired) electrons. The lowest BCUT2D eigenvalue weighted by Crippen LogP contribution is -2.30. The molecule has 0 amide bonds. The lowest BCUT2D eigenvalue weighted by Gasteiger charge is -2.18. The Bertz CT molecular complexity index is 763. The van der Waals surface area contributed by atoms with Gasteiger partial charge in [-0.05, 0) is 44.9 Å². The predicted molar refractivity (Wildman–Crippen MR) is 206 cm³/mol. The van der Waals surface area contributed by atoms with Gasteiger partial charge in [-0.3, -0.25) is 14.4 Å². The fraction of sp³-hybridized carbons (Fsp3) is 0.884. The van der Waals surface area contributed by atoms with Crippen molar-refractivity contribution in [3.63, 3.8) is 0 Å². The highest BCUT2D eigenvalue weighted by atomic mass is 16.6. The van der Waals surface area contributed by atoms with Gasteiger partial charge in [-0.15, -0.1) is 0 Å². The number of rotatable bonds is 38. The van der Waals surface area contributed by atoms with Gasteiger partial charge in [-0.1, -0.05) is 174 Å². The summed E-state index contributed by atoms with van der Waals surface area (Å²) >= 11 is 0. The minimum absolute atomic E-state index is 0.0691. The third-order valence-corrected chi connectivity index (χ3v) is 9.27. The molecular formula is C43H80O6. The van der Waals surface area contributed by atoms with E-state index in [4.69, 9.17) is 14.2 Å². The van der Waals surface area contributed by atoms with Gasteiger partial charge in [0.25, 0.3) is 0 Å². The second-order valence-electron chi connectivity index (χ2n) is 14.3. The Hall–Kier alpha value is -1.85. The number of allylic oxidation sites excluding steroid dienone is 2. The van der Waals surface area contributed by atoms with Gasteiger partial charge in [-0.25, -0.2) is 0 Å². The Morgan fingerprint density at radius 1 is 0.388 bits per heavy atom. The van der Waals surface area contributed by atoms with Crippen LogP contribution >= 0.6 is 0 Å². The van der Waals surface area contributed by atoms with E-state index < -0.39 is 6.10 Å². The zero-order chi connectivity index (χ0) is 35.9. The molecule has 0 fully saturated rings. The number of carbonyl (C=O) groups is 3. The fourth-order valence-electron chi connectivity index (χ4n) is 6.02. The summed E-state index contributed by atoms with van der Waals surface area (Å²) in [5.41, 5.74) is 0. The Morgan fingerprint density at radius 2 is 0.673 bits per heavy atom. The van der Waals surface area contributed by atoms with Crippen LogP contribution in [0.2, 0.25) is 0 Å². The molecule has 0 saturated carbocycles. The molecule has 1 atom stereocenters. The second kappa shape index (κ2) is 38.9. The molecule has 0 saturated heterocycles. The zero-order valence-corrected chi connectivity index (χ0v) is 32.7. The minimum atomic E-state index is -0.762. The summed E-state index contributed by atoms with van der Waals surface area (Å²) in [4.78, 5) is 37.5. The van der Waals surface area contributed by atoms with Crippen LogP contribution in [0, 0.1) is 0 Å². The first kappa shape index (κ1) is 47.1. The molecule has 1 unspecified atom stereocenters. The maximum Gasteiger partial charge on any atom is 0.306 e. The van der Waals surface area contributed by atoms with Crippen molar-refractivity contribution in [2.45, 2.75) is 232 Å². The van der Waals surface area contributed by atoms with E-state index in [2.05, 4.69) is 32.9 Å². The number of carbonyl (C=O) groups excluding carboxylic acids is 3. The molecule has 6 nitrogen and oxygen atoms in total. The summed E-state index contributed by atoms with van der Waals surface area (Å²) in [6, 6.07) is 0. The molecule has 0 aliphatic heterocycles. The highest BCUT2D eigenvalue weighted by Crippen LogP contribution is 2.14. The Morgan fingerprint density at radius 3 is 1.06 bits per heavy atom. The summed E-state index contributed by atoms with van der Waals surface area (Å²) in [6.45, 7) is 6.57. The van der Waals surface area contributed by atoms with Crippen LogP contribution in [0.4, 0.5) is 0 Å². The standard InChI is InChI=1S/C43H80O6/c1-4-7-10-13-16-19-21-22-25-27-30-33-36-42(45)48-39-40(38-47-41(44)35-32-29-26-23-18-15-12-9-6-3)49-43(46)37-34-31-28-24-20-17-14-11-8-5-2/h16,19,40H,4-15,17-18,20-39H2,1-3H3/b19-16-. The van der Waals surface area contributed by atoms with Crippen LogP contribution in [-0.2, 0) is 28.6 Å². The van der Waals surface area contributed by atoms with Gasteiger partial charge < -0.3 is 14.2 Å². The molecule has 0 bridgehead atoms. The van der Waals surface area contributed by atoms with Crippen molar-refractivity contribution in [2.75, 3.05) is 13.2 Å². The predicted octanol–water partition coefficient (Wildman–Crippen LogP) is 13.1. The van der Waals surface area contributed by atoms with E-state index in [1.54, 1.807) is 0 Å². The monoisotopic (exact) mass is 693 g/mol. The van der Waals surface area contributed by atoms with Gasteiger partial charge in [0.1, 0.15) is 13.2 Å². The highest BCUT2D eigenvalue weighted by molar-refractivity contribution is 5.71. The molecule has 0 N–H and O–H groups in total. The van der Waals surface area contributed by atoms with Crippen molar-refractivity contribution in [1.82, 2.24) is 0 Å². The summed E-state index contributed by atoms with van der Waals surface area (Å²) in [7, 11) is 0. The van der Waals surface area contributed by atoms with Gasteiger partial charge >= 0.3 is 17.9 Å². The third-order valence-electron chi connectivity index (χ3n) is 9.27. The summed E-state index contributed by atoms with van der Waals surface area (Å²) in [6.07, 6.45) is 39.0. The molecule has 6 heteroatoms. The normalized spacial score (nSPS) is 12.0. The van der Waals surface area contributed by atoms with Crippen molar-refractivity contribution in [3.05, 3.63) is 12.2 Å². The Labute approximate surface area is 303 Å². The van der Waals surface area contributed by atoms with Crippen molar-refractivity contribution < 1.29 is 28.6 Å². The van der Waals surface area contributed by atoms with Gasteiger partial charge in [0.2, 0.25) is 0 Å². The highest BCUT2D eigenvalue weighted by Gasteiger charge is 2.19. The second-order valence-corrected chi connectivity index (χ2v) is 14.3. The smallest absolute Gasteiger partial charge is 0.306 e. The summed E-state index contributed by atoms with van der Waals surface area (Å²) < 4.78 is 16.6. The molecule has 0 aromatic heterocycles. The third kappa shape index (κ3) is 37.2. The summed E-state index contributed by atoms with van der Waals surface area (Å²) in [5, 5.41) is 0. The van der Waals surface area contributed by atoms with Crippen molar-refractivity contribution in [3.8, 4) is 0 Å². The number of hydrogen-bond donors (Lipinski definition) is 0. The van der Waals surface area contributed by atoms with Gasteiger partial charge in [0.05, 0.1) is 0 Å². The molecular weight excluding hydrogens is 612 g/mol. The molecule has 49 heavy (non-hydrogen) atoms. The van der Waals surface area contributed by atoms with E-state index in [0.717, 1.165) is 64.2 Å². The van der Waals surface area contributed by atoms with E-state index in [1.165, 1.54) is 122 Å². The van der Waals surface area contributed by atoms with Crippen LogP contribution in [0.5, 0.6) is 0 Å². The first-order chi connectivity index (χ1) is 24.0. The first-order valence-corrected chi connectivity index (χ1v) is 21.2. The molecule has 0 spiro atoms. The van der Waals surface area contributed by atoms with E-state index in [9.17, 15) is 14.4 Å². The molecule has 0 aromatic rings. The van der Waals surface area contributed by atoms with E-state index >= 15 is 0 Å². The molecule has 0 aliphatic carbocycles. The van der Waals surface area contributed by atoms with Crippen molar-refractivity contribution in [2.24, 2.45) is 0 Å². The quantitative estimate of drug-likeness (QED) is 0.0277. The number of hydrogen-bond acceptors (Lipinski definition) is 6. The van der Waals surface area contributed by atoms with E-state index in [1.807, 2.05) is 0 Å². The molecule has 0 heterocycles. The van der Waals surface area contributed by atoms with Crippen molar-refractivity contribution in [1.29, 1.82) is 0 Å². The Balaban J connectivity index is 4.35. The van der Waals surface area contributed by atoms with Crippen LogP contribution in [0.3, 0.4) is 0 Å². The van der Waals surface area contributed by atoms with E-state index in [0.29, 0.717) is 19.3 Å². The maximum atomic E-state index is 12.6. The fourth-order valence-corrected chi connectivity index (χ4v) is 6.02. The van der Waals surface area contributed by atoms with Crippen molar-refractivity contribution >= 4 is 17.9 Å². The lowest BCUT2D eigenvalue weighted by molar-refractivity contribution is -0.167. The van der Waals surface area contributed by atoms with Crippen LogP contribution in [0.15, 0.2) is 12.2 Å². The van der Waals surface area contributed by atoms with Gasteiger partial charge in [0.15, 0.2) is 6.10 Å². The van der Waals surface area contributed by atoms with Crippen LogP contribution in [0.1, 0.15) is 226 Å². The van der Waals surface area contributed by atoms with Gasteiger partial charge in [0, 0.05) is 19.3 Å². The molecule has 0 aliphatic rings. The van der Waals surface area contributed by atoms with Gasteiger partial charge in [-0.2, -0.15) is 0 Å². The average molecular weight is 693 g/mol. The maximum absolute atomic E-state index is 12.6. The first-order valence-electron chi connectivity index (χ1n) is 21.2. The number of unbranched alkanes of at least 4 members (excludes halogenated alkanes) is 25. The largest absolute Gasteiger partial charge is 0.462 e. The Kier molecular flexibility index (Phi) is 37.5. The molecule has 0 rings (SSSR count). The SMILES string of the molecule is CCCCC/C=C\CCCCCCCC(=O)OCC(COC(=O)CCCCCCCCCCC)OC(=O)CCCCCCCCCCCC. The number of esters is 3. The topological polar surface area (TPSA) is 78.9 Å².